The number of hydrogen-bond acceptors (Lipinski definition) is 11. The van der Waals surface area contributed by atoms with Crippen molar-refractivity contribution in [1.29, 1.82) is 0 Å². The largest absolute Gasteiger partial charge is 0.480 e. The number of aliphatic carboxylic acids is 1. The summed E-state index contributed by atoms with van der Waals surface area (Å²) in [5, 5.41) is 9.39. The Morgan fingerprint density at radius 3 is 2.59 bits per heavy atom. The second kappa shape index (κ2) is 11.6. The van der Waals surface area contributed by atoms with E-state index in [1.165, 1.54) is 21.1 Å². The average Bonchev–Trinajstić information content (AvgIpc) is 3.21. The molecule has 1 saturated carbocycles. The van der Waals surface area contributed by atoms with Crippen molar-refractivity contribution in [3.05, 3.63) is 6.33 Å². The molecule has 37 heavy (non-hydrogen) atoms. The van der Waals surface area contributed by atoms with E-state index in [9.17, 15) is 19.3 Å². The van der Waals surface area contributed by atoms with Gasteiger partial charge in [0.05, 0.1) is 26.7 Å². The molecule has 3 rings (SSSR count). The molecular formula is C22H35N6O7PS. The van der Waals surface area contributed by atoms with E-state index in [-0.39, 0.29) is 42.0 Å². The van der Waals surface area contributed by atoms with Gasteiger partial charge in [0.25, 0.3) is 0 Å². The Kier molecular flexibility index (Phi) is 9.23. The number of carbonyl (C=O) groups excluding carboxylic acids is 1. The number of methoxy groups -OCH3 is 1. The molecule has 1 aliphatic carbocycles. The van der Waals surface area contributed by atoms with Crippen LogP contribution in [0.4, 0.5) is 5.95 Å². The van der Waals surface area contributed by atoms with Crippen molar-refractivity contribution in [3.8, 4) is 5.88 Å². The summed E-state index contributed by atoms with van der Waals surface area (Å²) in [6.07, 6.45) is 3.06. The smallest absolute Gasteiger partial charge is 0.408 e. The van der Waals surface area contributed by atoms with Crippen molar-refractivity contribution in [2.24, 2.45) is 11.3 Å². The van der Waals surface area contributed by atoms with Gasteiger partial charge in [0.2, 0.25) is 11.8 Å². The van der Waals surface area contributed by atoms with Crippen LogP contribution in [0.25, 0.3) is 11.2 Å². The SMILES string of the molecule is COc1nc(N)nc2c1ncn2[C@H]1C[C@@H](COP(=O)(OCCSC(=O)C(C)(C)C)N(C)C(C)C(=O)O)C1. The number of rotatable bonds is 12. The topological polar surface area (TPSA) is 172 Å². The van der Waals surface area contributed by atoms with Crippen LogP contribution in [0, 0.1) is 11.3 Å². The number of carbonyl (C=O) groups is 2. The van der Waals surface area contributed by atoms with Gasteiger partial charge in [-0.2, -0.15) is 14.6 Å². The number of carboxylic acids is 1. The third kappa shape index (κ3) is 6.80. The quantitative estimate of drug-likeness (QED) is 0.287. The number of ether oxygens (including phenoxy) is 1. The van der Waals surface area contributed by atoms with Gasteiger partial charge in [0.15, 0.2) is 16.3 Å². The first-order valence-corrected chi connectivity index (χ1v) is 14.3. The van der Waals surface area contributed by atoms with Crippen LogP contribution in [0.2, 0.25) is 0 Å². The lowest BCUT2D eigenvalue weighted by Crippen LogP contribution is -2.36. The van der Waals surface area contributed by atoms with Crippen LogP contribution < -0.4 is 10.5 Å². The number of nitrogens with zero attached hydrogens (tertiary/aromatic N) is 5. The Morgan fingerprint density at radius 1 is 1.32 bits per heavy atom. The van der Waals surface area contributed by atoms with E-state index in [4.69, 9.17) is 19.5 Å². The molecule has 15 heteroatoms. The predicted octanol–water partition coefficient (Wildman–Crippen LogP) is 3.22. The molecular weight excluding hydrogens is 523 g/mol. The number of aromatic nitrogens is 4. The van der Waals surface area contributed by atoms with Crippen LogP contribution in [0.1, 0.15) is 46.6 Å². The highest BCUT2D eigenvalue weighted by molar-refractivity contribution is 8.13. The summed E-state index contributed by atoms with van der Waals surface area (Å²) >= 11 is 1.08. The molecule has 206 valence electrons. The maximum absolute atomic E-state index is 13.6. The van der Waals surface area contributed by atoms with Crippen molar-refractivity contribution in [2.45, 2.75) is 52.6 Å². The van der Waals surface area contributed by atoms with Crippen LogP contribution in [0.15, 0.2) is 6.33 Å². The van der Waals surface area contributed by atoms with Crippen LogP contribution >= 0.6 is 19.5 Å². The number of anilines is 1. The molecule has 1 aliphatic rings. The molecule has 0 aliphatic heterocycles. The Labute approximate surface area is 220 Å². The van der Waals surface area contributed by atoms with E-state index in [0.717, 1.165) is 16.4 Å². The summed E-state index contributed by atoms with van der Waals surface area (Å²) < 4.78 is 33.2. The lowest BCUT2D eigenvalue weighted by Gasteiger charge is -2.37. The highest BCUT2D eigenvalue weighted by Gasteiger charge is 2.40. The van der Waals surface area contributed by atoms with Gasteiger partial charge in [0.1, 0.15) is 6.04 Å². The fraction of sp³-hybridized carbons (Fsp3) is 0.682. The lowest BCUT2D eigenvalue weighted by molar-refractivity contribution is -0.141. The lowest BCUT2D eigenvalue weighted by atomic mass is 9.81. The first-order valence-electron chi connectivity index (χ1n) is 11.8. The molecule has 0 bridgehead atoms. The number of likely N-dealkylation sites (N-methyl/N-ethyl adjacent to an activating group) is 1. The first kappa shape index (κ1) is 29.3. The number of thioether (sulfide) groups is 1. The highest BCUT2D eigenvalue weighted by Crippen LogP contribution is 2.54. The molecule has 0 amide bonds. The Morgan fingerprint density at radius 2 is 2.00 bits per heavy atom. The minimum Gasteiger partial charge on any atom is -0.480 e. The van der Waals surface area contributed by atoms with E-state index >= 15 is 0 Å². The van der Waals surface area contributed by atoms with E-state index < -0.39 is 25.2 Å². The summed E-state index contributed by atoms with van der Waals surface area (Å²) in [4.78, 5) is 36.3. The third-order valence-corrected chi connectivity index (χ3v) is 9.51. The van der Waals surface area contributed by atoms with Crippen molar-refractivity contribution in [1.82, 2.24) is 24.2 Å². The average molecular weight is 559 g/mol. The fourth-order valence-corrected chi connectivity index (χ4v) is 6.27. The molecule has 13 nitrogen and oxygen atoms in total. The van der Waals surface area contributed by atoms with Gasteiger partial charge in [-0.15, -0.1) is 0 Å². The van der Waals surface area contributed by atoms with Crippen molar-refractivity contribution in [2.75, 3.05) is 38.9 Å². The summed E-state index contributed by atoms with van der Waals surface area (Å²) in [5.74, 6) is -0.435. The number of carboxylic acid groups (broad SMARTS) is 1. The first-order chi connectivity index (χ1) is 17.3. The Bertz CT molecular complexity index is 1180. The van der Waals surface area contributed by atoms with Gasteiger partial charge in [-0.3, -0.25) is 18.6 Å². The Hall–Kier alpha value is -2.25. The maximum Gasteiger partial charge on any atom is 0.408 e. The van der Waals surface area contributed by atoms with Crippen LogP contribution in [0.3, 0.4) is 0 Å². The van der Waals surface area contributed by atoms with E-state index in [2.05, 4.69) is 15.0 Å². The Balaban J connectivity index is 1.61. The second-order valence-corrected chi connectivity index (χ2v) is 13.1. The molecule has 0 aromatic carbocycles. The van der Waals surface area contributed by atoms with Gasteiger partial charge >= 0.3 is 13.7 Å². The van der Waals surface area contributed by atoms with Gasteiger partial charge in [-0.05, 0) is 32.7 Å². The fourth-order valence-electron chi connectivity index (χ4n) is 3.67. The minimum atomic E-state index is -3.94. The minimum absolute atomic E-state index is 0.0173. The van der Waals surface area contributed by atoms with E-state index in [1.54, 1.807) is 6.33 Å². The highest BCUT2D eigenvalue weighted by atomic mass is 32.2. The molecule has 0 radical (unpaired) electrons. The second-order valence-electron chi connectivity index (χ2n) is 9.98. The molecule has 2 unspecified atom stereocenters. The molecule has 2 heterocycles. The molecule has 0 saturated heterocycles. The maximum atomic E-state index is 13.6. The van der Waals surface area contributed by atoms with Crippen molar-refractivity contribution >= 4 is 47.7 Å². The molecule has 3 N–H and O–H groups in total. The van der Waals surface area contributed by atoms with E-state index in [0.29, 0.717) is 29.9 Å². The zero-order valence-corrected chi connectivity index (χ0v) is 23.6. The van der Waals surface area contributed by atoms with Crippen molar-refractivity contribution in [3.63, 3.8) is 0 Å². The van der Waals surface area contributed by atoms with Gasteiger partial charge in [0, 0.05) is 17.2 Å². The number of nitrogens with two attached hydrogens (primary N) is 1. The summed E-state index contributed by atoms with van der Waals surface area (Å²) in [7, 11) is -1.05. The zero-order chi connectivity index (χ0) is 27.5. The summed E-state index contributed by atoms with van der Waals surface area (Å²) in [6, 6.07) is -1.02. The third-order valence-electron chi connectivity index (χ3n) is 6.17. The normalized spacial score (nSPS) is 20.4. The number of nitrogen functional groups attached to an aromatic ring is 1. The summed E-state index contributed by atoms with van der Waals surface area (Å²) in [5.41, 5.74) is 6.37. The van der Waals surface area contributed by atoms with Crippen LogP contribution in [-0.4, -0.2) is 79.5 Å². The summed E-state index contributed by atoms with van der Waals surface area (Å²) in [6.45, 7) is 6.94. The zero-order valence-electron chi connectivity index (χ0n) is 21.9. The van der Waals surface area contributed by atoms with Gasteiger partial charge in [-0.1, -0.05) is 32.5 Å². The molecule has 2 aromatic rings. The van der Waals surface area contributed by atoms with E-state index in [1.807, 2.05) is 25.3 Å². The van der Waals surface area contributed by atoms with Gasteiger partial charge in [-0.25, -0.2) is 9.55 Å². The van der Waals surface area contributed by atoms with Crippen LogP contribution in [0.5, 0.6) is 5.88 Å². The number of imidazole rings is 1. The van der Waals surface area contributed by atoms with Gasteiger partial charge < -0.3 is 20.1 Å². The number of hydrogen-bond donors (Lipinski definition) is 2. The monoisotopic (exact) mass is 558 g/mol. The van der Waals surface area contributed by atoms with Crippen molar-refractivity contribution < 1.29 is 33.0 Å². The standard InChI is InChI=1S/C22H35N6O7PS/c1-13(19(29)30)27(5)36(32,34-7-8-37-20(31)22(2,3)4)35-11-14-9-15(10-14)28-12-24-16-17(28)25-21(23)26-18(16)33-6/h12-15H,7-11H2,1-6H3,(H,29,30)(H2,23,25,26)/t13?,14-,15+,36?. The predicted molar refractivity (Wildman–Crippen MR) is 139 cm³/mol. The number of fused-ring (bicyclic) bond motifs is 1. The molecule has 0 spiro atoms. The van der Waals surface area contributed by atoms with Crippen LogP contribution in [-0.2, 0) is 23.2 Å². The molecule has 1 fully saturated rings. The molecule has 2 aromatic heterocycles. The molecule has 2 atom stereocenters.